The molecule has 5 rings (SSSR count). The van der Waals surface area contributed by atoms with Crippen LogP contribution in [0.1, 0.15) is 36.4 Å². The first kappa shape index (κ1) is 21.3. The van der Waals surface area contributed by atoms with Gasteiger partial charge >= 0.3 is 167 Å². The molecule has 3 aromatic rings. The smallest absolute Gasteiger partial charge is 1.00 e. The zero-order chi connectivity index (χ0) is 17.5. The van der Waals surface area contributed by atoms with Crippen LogP contribution in [0.3, 0.4) is 0 Å². The molecule has 3 heteroatoms. The first-order valence-electron chi connectivity index (χ1n) is 9.21. The van der Waals surface area contributed by atoms with Crippen molar-refractivity contribution in [2.45, 2.75) is 14.2 Å². The van der Waals surface area contributed by atoms with Crippen LogP contribution in [-0.2, 0) is 23.2 Å². The maximum absolute atomic E-state index is 2.46. The van der Waals surface area contributed by atoms with Crippen LogP contribution < -0.4 is 24.8 Å². The normalized spacial score (nSPS) is 18.2. The first-order chi connectivity index (χ1) is 12.8. The molecule has 0 N–H and O–H groups in total. The zero-order valence-corrected chi connectivity index (χ0v) is 19.5. The molecule has 3 aromatic carbocycles. The molecule has 0 spiro atoms. The van der Waals surface area contributed by atoms with Crippen LogP contribution >= 0.6 is 0 Å². The molecule has 0 radical (unpaired) electrons. The van der Waals surface area contributed by atoms with E-state index in [0.717, 1.165) is 0 Å². The number of fused-ring (bicyclic) bond motifs is 2. The Hall–Kier alpha value is -1.40. The quantitative estimate of drug-likeness (QED) is 0.515. The summed E-state index contributed by atoms with van der Waals surface area (Å²) in [5.41, 5.74) is 10.3. The summed E-state index contributed by atoms with van der Waals surface area (Å²) in [5, 5.41) is 0. The van der Waals surface area contributed by atoms with Crippen LogP contribution in [0.2, 0.25) is 0 Å². The number of rotatable bonds is 3. The van der Waals surface area contributed by atoms with Gasteiger partial charge in [0.2, 0.25) is 0 Å². The summed E-state index contributed by atoms with van der Waals surface area (Å²) < 4.78 is 1.37. The van der Waals surface area contributed by atoms with Gasteiger partial charge < -0.3 is 24.8 Å². The summed E-state index contributed by atoms with van der Waals surface area (Å²) in [6.45, 7) is 2.34. The number of allylic oxidation sites excluding steroid dienone is 2. The van der Waals surface area contributed by atoms with E-state index in [1.807, 2.05) is 0 Å². The van der Waals surface area contributed by atoms with Crippen molar-refractivity contribution in [1.29, 1.82) is 0 Å². The Balaban J connectivity index is 0.00000112. The molecule has 2 atom stereocenters. The second kappa shape index (κ2) is 8.95. The Morgan fingerprint density at radius 2 is 1.46 bits per heavy atom. The van der Waals surface area contributed by atoms with Crippen molar-refractivity contribution in [2.24, 2.45) is 0 Å². The molecule has 0 aromatic heterocycles. The predicted molar refractivity (Wildman–Crippen MR) is 106 cm³/mol. The van der Waals surface area contributed by atoms with Crippen LogP contribution in [0.4, 0.5) is 0 Å². The fourth-order valence-electron chi connectivity index (χ4n) is 4.22. The molecule has 28 heavy (non-hydrogen) atoms. The minimum atomic E-state index is -0.689. The Labute approximate surface area is 191 Å². The Morgan fingerprint density at radius 1 is 0.750 bits per heavy atom. The van der Waals surface area contributed by atoms with Crippen molar-refractivity contribution in [2.75, 3.05) is 0 Å². The summed E-state index contributed by atoms with van der Waals surface area (Å²) in [5.74, 6) is 0. The predicted octanol–water partition coefficient (Wildman–Crippen LogP) is 0.670. The standard InChI is InChI=1S/C16H13.C9H7.2ClH.Zr/c1-12-10-14-8-5-9-15(16(14)11-12)13-6-3-2-4-7-13;1-2-5-9-7-3-6-8(9)4-1;;;/h2-11H,1H3;1-7H;2*1H;/q;;;;+2/p-2. The Morgan fingerprint density at radius 3 is 2.29 bits per heavy atom. The molecule has 0 amide bonds. The molecule has 0 bridgehead atoms. The molecule has 2 unspecified atom stereocenters. The molecular formula is C25H20Cl2Zr. The van der Waals surface area contributed by atoms with Gasteiger partial charge in [0.05, 0.1) is 0 Å². The van der Waals surface area contributed by atoms with Gasteiger partial charge in [-0.3, -0.25) is 0 Å². The SMILES string of the molecule is CC1=Cc2c(-c3ccccc3)cccc2[CH]1[Zr+2][CH]1C=Cc2ccccc21.[Cl-].[Cl-]. The molecule has 0 aliphatic heterocycles. The fraction of sp³-hybridized carbons (Fsp3) is 0.120. The number of hydrogen-bond acceptors (Lipinski definition) is 0. The fourth-order valence-corrected chi connectivity index (χ4v) is 8.61. The van der Waals surface area contributed by atoms with Crippen molar-refractivity contribution in [3.63, 3.8) is 0 Å². The van der Waals surface area contributed by atoms with Gasteiger partial charge in [-0.25, -0.2) is 0 Å². The Bertz CT molecular complexity index is 1040. The maximum atomic E-state index is 2.46. The molecular weight excluding hydrogens is 462 g/mol. The van der Waals surface area contributed by atoms with Gasteiger partial charge in [-0.05, 0) is 0 Å². The molecule has 2 aliphatic carbocycles. The molecule has 0 saturated carbocycles. The van der Waals surface area contributed by atoms with Crippen LogP contribution in [-0.4, -0.2) is 0 Å². The van der Waals surface area contributed by atoms with Gasteiger partial charge in [0.15, 0.2) is 0 Å². The summed E-state index contributed by atoms with van der Waals surface area (Å²) in [7, 11) is 0. The van der Waals surface area contributed by atoms with E-state index < -0.39 is 23.2 Å². The summed E-state index contributed by atoms with van der Waals surface area (Å²) in [6.07, 6.45) is 7.24. The van der Waals surface area contributed by atoms with Crippen LogP contribution in [0, 0.1) is 0 Å². The average molecular weight is 483 g/mol. The van der Waals surface area contributed by atoms with E-state index in [4.69, 9.17) is 0 Å². The van der Waals surface area contributed by atoms with Gasteiger partial charge in [0.1, 0.15) is 0 Å². The van der Waals surface area contributed by atoms with Crippen molar-refractivity contribution >= 4 is 12.2 Å². The summed E-state index contributed by atoms with van der Waals surface area (Å²) in [4.78, 5) is 0. The molecule has 138 valence electrons. The molecule has 0 fully saturated rings. The molecule has 0 nitrogen and oxygen atoms in total. The molecule has 0 saturated heterocycles. The van der Waals surface area contributed by atoms with Gasteiger partial charge in [-0.15, -0.1) is 0 Å². The van der Waals surface area contributed by atoms with Gasteiger partial charge in [-0.2, -0.15) is 0 Å². The second-order valence-corrected chi connectivity index (χ2v) is 10.9. The topological polar surface area (TPSA) is 0 Å². The minimum Gasteiger partial charge on any atom is -1.00 e. The first-order valence-corrected chi connectivity index (χ1v) is 12.0. The third kappa shape index (κ3) is 3.73. The van der Waals surface area contributed by atoms with E-state index in [9.17, 15) is 0 Å². The van der Waals surface area contributed by atoms with Crippen LogP contribution in [0.15, 0.2) is 84.4 Å². The number of halogens is 2. The van der Waals surface area contributed by atoms with E-state index in [0.29, 0.717) is 7.25 Å². The van der Waals surface area contributed by atoms with E-state index in [2.05, 4.69) is 97.9 Å². The van der Waals surface area contributed by atoms with Crippen molar-refractivity contribution in [3.8, 4) is 11.1 Å². The van der Waals surface area contributed by atoms with Gasteiger partial charge in [-0.1, -0.05) is 0 Å². The molecule has 0 heterocycles. The monoisotopic (exact) mass is 480 g/mol. The maximum Gasteiger partial charge on any atom is -1.00 e. The van der Waals surface area contributed by atoms with Crippen LogP contribution in [0.5, 0.6) is 0 Å². The molecule has 2 aliphatic rings. The van der Waals surface area contributed by atoms with Crippen molar-refractivity contribution in [1.82, 2.24) is 0 Å². The second-order valence-electron chi connectivity index (χ2n) is 7.13. The van der Waals surface area contributed by atoms with Gasteiger partial charge in [0.25, 0.3) is 0 Å². The van der Waals surface area contributed by atoms with Crippen molar-refractivity contribution in [3.05, 3.63) is 107 Å². The van der Waals surface area contributed by atoms with E-state index in [1.165, 1.54) is 22.3 Å². The third-order valence-electron chi connectivity index (χ3n) is 5.51. The summed E-state index contributed by atoms with van der Waals surface area (Å²) >= 11 is -0.689. The average Bonchev–Trinajstić information content (AvgIpc) is 3.24. The van der Waals surface area contributed by atoms with E-state index >= 15 is 0 Å². The minimum absolute atomic E-state index is 0. The van der Waals surface area contributed by atoms with E-state index in [-0.39, 0.29) is 24.8 Å². The number of benzene rings is 3. The third-order valence-corrected chi connectivity index (χ3v) is 10.3. The van der Waals surface area contributed by atoms with E-state index in [1.54, 1.807) is 16.7 Å². The largest absolute Gasteiger partial charge is 1.00 e. The Kier molecular flexibility index (Phi) is 6.82. The zero-order valence-electron chi connectivity index (χ0n) is 15.6. The van der Waals surface area contributed by atoms with Gasteiger partial charge in [0, 0.05) is 0 Å². The van der Waals surface area contributed by atoms with Crippen LogP contribution in [0.25, 0.3) is 23.3 Å². The summed E-state index contributed by atoms with van der Waals surface area (Å²) in [6, 6.07) is 26.6. The van der Waals surface area contributed by atoms with Crippen molar-refractivity contribution < 1.29 is 48.0 Å². The number of hydrogen-bond donors (Lipinski definition) is 0.